The zero-order chi connectivity index (χ0) is 15.5. The maximum atomic E-state index is 11.9. The van der Waals surface area contributed by atoms with Gasteiger partial charge in [0.2, 0.25) is 0 Å². The number of hydrogen-bond donors (Lipinski definition) is 2. The number of nitrogens with zero attached hydrogens (tertiary/aromatic N) is 1. The minimum absolute atomic E-state index is 0.0688. The lowest BCUT2D eigenvalue weighted by Crippen LogP contribution is -2.45. The van der Waals surface area contributed by atoms with E-state index in [1.807, 2.05) is 0 Å². The number of hydrogen-bond acceptors (Lipinski definition) is 4. The van der Waals surface area contributed by atoms with Crippen LogP contribution in [0.4, 0.5) is 4.79 Å². The smallest absolute Gasteiger partial charge is 0.317 e. The summed E-state index contributed by atoms with van der Waals surface area (Å²) >= 11 is 0. The van der Waals surface area contributed by atoms with E-state index in [2.05, 4.69) is 5.32 Å². The van der Waals surface area contributed by atoms with E-state index in [1.165, 1.54) is 0 Å². The van der Waals surface area contributed by atoms with E-state index in [-0.39, 0.29) is 18.4 Å². The highest BCUT2D eigenvalue weighted by atomic mass is 16.5. The molecule has 21 heavy (non-hydrogen) atoms. The average Bonchev–Trinajstić information content (AvgIpc) is 2.46. The lowest BCUT2D eigenvalue weighted by Gasteiger charge is -2.31. The van der Waals surface area contributed by atoms with Gasteiger partial charge < -0.3 is 24.8 Å². The standard InChI is InChI=1S/C14H26N2O5/c1-20-9-10-21-8-2-5-15-14(19)16-6-3-12(4-7-16)11-13(17)18/h12H,2-11H2,1H3,(H,15,19)(H,17,18). The summed E-state index contributed by atoms with van der Waals surface area (Å²) < 4.78 is 10.2. The molecule has 1 heterocycles. The van der Waals surface area contributed by atoms with Crippen LogP contribution in [0.25, 0.3) is 0 Å². The van der Waals surface area contributed by atoms with Gasteiger partial charge in [-0.3, -0.25) is 4.79 Å². The van der Waals surface area contributed by atoms with E-state index >= 15 is 0 Å². The minimum Gasteiger partial charge on any atom is -0.481 e. The quantitative estimate of drug-likeness (QED) is 0.619. The van der Waals surface area contributed by atoms with E-state index in [9.17, 15) is 9.59 Å². The Morgan fingerprint density at radius 1 is 1.24 bits per heavy atom. The van der Waals surface area contributed by atoms with Crippen molar-refractivity contribution in [3.63, 3.8) is 0 Å². The Kier molecular flexibility index (Phi) is 8.77. The first-order valence-corrected chi connectivity index (χ1v) is 7.44. The molecule has 0 aromatic carbocycles. The zero-order valence-electron chi connectivity index (χ0n) is 12.7. The molecule has 1 rings (SSSR count). The van der Waals surface area contributed by atoms with Crippen molar-refractivity contribution in [1.29, 1.82) is 0 Å². The Morgan fingerprint density at radius 2 is 1.95 bits per heavy atom. The third-order valence-corrected chi connectivity index (χ3v) is 3.54. The third-order valence-electron chi connectivity index (χ3n) is 3.54. The largest absolute Gasteiger partial charge is 0.481 e. The summed E-state index contributed by atoms with van der Waals surface area (Å²) in [7, 11) is 1.63. The summed E-state index contributed by atoms with van der Waals surface area (Å²) in [5.41, 5.74) is 0. The molecule has 0 saturated carbocycles. The second kappa shape index (κ2) is 10.4. The summed E-state index contributed by atoms with van der Waals surface area (Å²) in [6, 6.07) is -0.0688. The van der Waals surface area contributed by atoms with E-state index < -0.39 is 5.97 Å². The first-order valence-electron chi connectivity index (χ1n) is 7.44. The van der Waals surface area contributed by atoms with Gasteiger partial charge >= 0.3 is 12.0 Å². The topological polar surface area (TPSA) is 88.1 Å². The van der Waals surface area contributed by atoms with Crippen molar-refractivity contribution in [2.24, 2.45) is 5.92 Å². The number of ether oxygens (including phenoxy) is 2. The van der Waals surface area contributed by atoms with Gasteiger partial charge in [-0.05, 0) is 25.2 Å². The number of rotatable bonds is 9. The molecule has 1 saturated heterocycles. The number of aliphatic carboxylic acids is 1. The molecule has 1 aliphatic rings. The van der Waals surface area contributed by atoms with Crippen molar-refractivity contribution in [3.8, 4) is 0 Å². The van der Waals surface area contributed by atoms with Gasteiger partial charge in [-0.2, -0.15) is 0 Å². The molecule has 7 heteroatoms. The maximum Gasteiger partial charge on any atom is 0.317 e. The molecule has 0 spiro atoms. The molecule has 0 atom stereocenters. The highest BCUT2D eigenvalue weighted by molar-refractivity contribution is 5.74. The number of piperidine rings is 1. The monoisotopic (exact) mass is 302 g/mol. The summed E-state index contributed by atoms with van der Waals surface area (Å²) in [5.74, 6) is -0.563. The molecule has 0 bridgehead atoms. The van der Waals surface area contributed by atoms with E-state index in [1.54, 1.807) is 12.0 Å². The second-order valence-electron chi connectivity index (χ2n) is 5.22. The predicted octanol–water partition coefficient (Wildman–Crippen LogP) is 0.936. The summed E-state index contributed by atoms with van der Waals surface area (Å²) in [4.78, 5) is 24.3. The van der Waals surface area contributed by atoms with E-state index in [0.29, 0.717) is 39.5 Å². The van der Waals surface area contributed by atoms with E-state index in [4.69, 9.17) is 14.6 Å². The molecule has 0 aliphatic carbocycles. The average molecular weight is 302 g/mol. The summed E-state index contributed by atoms with van der Waals surface area (Å²) in [6.45, 7) is 3.60. The Hall–Kier alpha value is -1.34. The molecule has 122 valence electrons. The van der Waals surface area contributed by atoms with Crippen LogP contribution in [0.2, 0.25) is 0 Å². The van der Waals surface area contributed by atoms with Gasteiger partial charge in [0.15, 0.2) is 0 Å². The number of urea groups is 1. The third kappa shape index (κ3) is 7.87. The van der Waals surface area contributed by atoms with Crippen LogP contribution in [0.15, 0.2) is 0 Å². The second-order valence-corrected chi connectivity index (χ2v) is 5.22. The number of carbonyl (C=O) groups excluding carboxylic acids is 1. The number of likely N-dealkylation sites (tertiary alicyclic amines) is 1. The van der Waals surface area contributed by atoms with Gasteiger partial charge in [0.05, 0.1) is 13.2 Å². The van der Waals surface area contributed by atoms with Gasteiger partial charge in [0.1, 0.15) is 0 Å². The Labute approximate surface area is 125 Å². The maximum absolute atomic E-state index is 11.9. The highest BCUT2D eigenvalue weighted by Crippen LogP contribution is 2.20. The molecule has 0 aromatic heterocycles. The van der Waals surface area contributed by atoms with Gasteiger partial charge in [0.25, 0.3) is 0 Å². The van der Waals surface area contributed by atoms with Crippen LogP contribution in [-0.2, 0) is 14.3 Å². The van der Waals surface area contributed by atoms with Gasteiger partial charge in [-0.15, -0.1) is 0 Å². The number of amides is 2. The molecule has 1 fully saturated rings. The molecule has 0 aromatic rings. The molecular formula is C14H26N2O5. The number of carbonyl (C=O) groups is 2. The minimum atomic E-state index is -0.758. The zero-order valence-corrected chi connectivity index (χ0v) is 12.7. The predicted molar refractivity (Wildman–Crippen MR) is 77.3 cm³/mol. The normalized spacial score (nSPS) is 16.0. The van der Waals surface area contributed by atoms with Crippen LogP contribution in [0.1, 0.15) is 25.7 Å². The van der Waals surface area contributed by atoms with Crippen LogP contribution in [0.5, 0.6) is 0 Å². The Morgan fingerprint density at radius 3 is 2.57 bits per heavy atom. The van der Waals surface area contributed by atoms with Crippen molar-refractivity contribution in [2.75, 3.05) is 46.6 Å². The molecule has 0 unspecified atom stereocenters. The first kappa shape index (κ1) is 17.7. The fourth-order valence-corrected chi connectivity index (χ4v) is 2.31. The molecule has 2 amide bonds. The SMILES string of the molecule is COCCOCCCNC(=O)N1CCC(CC(=O)O)CC1. The molecule has 0 radical (unpaired) electrons. The summed E-state index contributed by atoms with van der Waals surface area (Å²) in [5, 5.41) is 11.6. The van der Waals surface area contributed by atoms with Crippen LogP contribution < -0.4 is 5.32 Å². The van der Waals surface area contributed by atoms with Gasteiger partial charge in [0, 0.05) is 39.8 Å². The van der Waals surface area contributed by atoms with Crippen LogP contribution in [-0.4, -0.2) is 68.6 Å². The molecule has 7 nitrogen and oxygen atoms in total. The van der Waals surface area contributed by atoms with Gasteiger partial charge in [-0.1, -0.05) is 0 Å². The number of nitrogens with one attached hydrogen (secondary N) is 1. The lowest BCUT2D eigenvalue weighted by molar-refractivity contribution is -0.138. The van der Waals surface area contributed by atoms with Gasteiger partial charge in [-0.25, -0.2) is 4.79 Å². The van der Waals surface area contributed by atoms with Crippen molar-refractivity contribution < 1.29 is 24.2 Å². The summed E-state index contributed by atoms with van der Waals surface area (Å²) in [6.07, 6.45) is 2.50. The van der Waals surface area contributed by atoms with Crippen molar-refractivity contribution in [2.45, 2.75) is 25.7 Å². The Bertz CT molecular complexity index is 316. The van der Waals surface area contributed by atoms with E-state index in [0.717, 1.165) is 19.3 Å². The number of carboxylic acids is 1. The van der Waals surface area contributed by atoms with Crippen LogP contribution in [0, 0.1) is 5.92 Å². The fourth-order valence-electron chi connectivity index (χ4n) is 2.31. The lowest BCUT2D eigenvalue weighted by atomic mass is 9.94. The first-order chi connectivity index (χ1) is 10.1. The molecular weight excluding hydrogens is 276 g/mol. The number of methoxy groups -OCH3 is 1. The highest BCUT2D eigenvalue weighted by Gasteiger charge is 2.23. The van der Waals surface area contributed by atoms with Crippen molar-refractivity contribution in [1.82, 2.24) is 10.2 Å². The number of carboxylic acid groups (broad SMARTS) is 1. The molecule has 2 N–H and O–H groups in total. The van der Waals surface area contributed by atoms with Crippen molar-refractivity contribution >= 4 is 12.0 Å². The fraction of sp³-hybridized carbons (Fsp3) is 0.857. The van der Waals surface area contributed by atoms with Crippen LogP contribution >= 0.6 is 0 Å². The van der Waals surface area contributed by atoms with Crippen LogP contribution in [0.3, 0.4) is 0 Å². The van der Waals surface area contributed by atoms with Crippen molar-refractivity contribution in [3.05, 3.63) is 0 Å². The molecule has 1 aliphatic heterocycles. The Balaban J connectivity index is 2.04.